The van der Waals surface area contributed by atoms with E-state index in [0.29, 0.717) is 24.5 Å². The molecular formula is C20H20ClN3O4. The predicted octanol–water partition coefficient (Wildman–Crippen LogP) is 4.05. The molecule has 1 aliphatic heterocycles. The third kappa shape index (κ3) is 4.88. The summed E-state index contributed by atoms with van der Waals surface area (Å²) in [6, 6.07) is 10.3. The van der Waals surface area contributed by atoms with Crippen LogP contribution in [0.5, 0.6) is 0 Å². The zero-order valence-electron chi connectivity index (χ0n) is 15.4. The van der Waals surface area contributed by atoms with Gasteiger partial charge in [-0.2, -0.15) is 0 Å². The third-order valence-electron chi connectivity index (χ3n) is 4.44. The first kappa shape index (κ1) is 19.9. The SMILES string of the molecule is Cc1cc(N2CCOCC2)ccc1NC(=O)/C=C/c1ccc(Cl)c([N+](=O)[O-])c1. The smallest absolute Gasteiger partial charge is 0.288 e. The molecule has 1 heterocycles. The van der Waals surface area contributed by atoms with Crippen molar-refractivity contribution in [3.05, 3.63) is 68.7 Å². The fourth-order valence-corrected chi connectivity index (χ4v) is 3.11. The monoisotopic (exact) mass is 401 g/mol. The normalized spacial score (nSPS) is 14.3. The molecule has 7 nitrogen and oxygen atoms in total. The maximum atomic E-state index is 12.2. The summed E-state index contributed by atoms with van der Waals surface area (Å²) >= 11 is 5.79. The van der Waals surface area contributed by atoms with Gasteiger partial charge in [-0.25, -0.2) is 0 Å². The average molecular weight is 402 g/mol. The summed E-state index contributed by atoms with van der Waals surface area (Å²) in [5.74, 6) is -0.320. The number of nitro benzene ring substituents is 1. The quantitative estimate of drug-likeness (QED) is 0.464. The molecule has 0 bridgehead atoms. The lowest BCUT2D eigenvalue weighted by Crippen LogP contribution is -2.36. The molecule has 0 unspecified atom stereocenters. The molecule has 28 heavy (non-hydrogen) atoms. The number of halogens is 1. The summed E-state index contributed by atoms with van der Waals surface area (Å²) in [5.41, 5.74) is 3.09. The Morgan fingerprint density at radius 2 is 2.00 bits per heavy atom. The summed E-state index contributed by atoms with van der Waals surface area (Å²) in [5, 5.41) is 13.8. The number of hydrogen-bond acceptors (Lipinski definition) is 5. The second-order valence-corrected chi connectivity index (χ2v) is 6.80. The van der Waals surface area contributed by atoms with E-state index in [9.17, 15) is 14.9 Å². The van der Waals surface area contributed by atoms with Crippen molar-refractivity contribution in [2.75, 3.05) is 36.5 Å². The van der Waals surface area contributed by atoms with E-state index in [1.165, 1.54) is 24.3 Å². The van der Waals surface area contributed by atoms with Crippen LogP contribution < -0.4 is 10.2 Å². The summed E-state index contributed by atoms with van der Waals surface area (Å²) < 4.78 is 5.37. The Labute approximate surface area is 167 Å². The fraction of sp³-hybridized carbons (Fsp3) is 0.250. The molecule has 0 atom stereocenters. The second-order valence-electron chi connectivity index (χ2n) is 6.39. The van der Waals surface area contributed by atoms with E-state index in [0.717, 1.165) is 24.3 Å². The molecular weight excluding hydrogens is 382 g/mol. The highest BCUT2D eigenvalue weighted by Gasteiger charge is 2.13. The third-order valence-corrected chi connectivity index (χ3v) is 4.76. The highest BCUT2D eigenvalue weighted by molar-refractivity contribution is 6.32. The van der Waals surface area contributed by atoms with Crippen LogP contribution in [0, 0.1) is 17.0 Å². The molecule has 1 aliphatic rings. The van der Waals surface area contributed by atoms with Gasteiger partial charge >= 0.3 is 0 Å². The maximum Gasteiger partial charge on any atom is 0.288 e. The van der Waals surface area contributed by atoms with Crippen LogP contribution in [0.2, 0.25) is 5.02 Å². The summed E-state index contributed by atoms with van der Waals surface area (Å²) in [7, 11) is 0. The Hall–Kier alpha value is -2.90. The number of benzene rings is 2. The minimum Gasteiger partial charge on any atom is -0.378 e. The van der Waals surface area contributed by atoms with Crippen molar-refractivity contribution < 1.29 is 14.5 Å². The van der Waals surface area contributed by atoms with Gasteiger partial charge in [0.05, 0.1) is 18.1 Å². The van der Waals surface area contributed by atoms with Crippen molar-refractivity contribution >= 4 is 40.6 Å². The number of aryl methyl sites for hydroxylation is 1. The van der Waals surface area contributed by atoms with E-state index in [1.807, 2.05) is 25.1 Å². The van der Waals surface area contributed by atoms with Crippen molar-refractivity contribution in [3.8, 4) is 0 Å². The van der Waals surface area contributed by atoms with Gasteiger partial charge in [0.25, 0.3) is 5.69 Å². The first-order valence-corrected chi connectivity index (χ1v) is 9.18. The minimum absolute atomic E-state index is 0.0579. The molecule has 146 valence electrons. The molecule has 0 aliphatic carbocycles. The molecule has 2 aromatic carbocycles. The number of nitro groups is 1. The number of carbonyl (C=O) groups excluding carboxylic acids is 1. The van der Waals surface area contributed by atoms with Crippen LogP contribution in [-0.2, 0) is 9.53 Å². The number of ether oxygens (including phenoxy) is 1. The van der Waals surface area contributed by atoms with Crippen molar-refractivity contribution in [1.82, 2.24) is 0 Å². The van der Waals surface area contributed by atoms with Gasteiger partial charge in [-0.1, -0.05) is 17.7 Å². The van der Waals surface area contributed by atoms with Gasteiger partial charge in [0.2, 0.25) is 5.91 Å². The van der Waals surface area contributed by atoms with Crippen LogP contribution in [0.15, 0.2) is 42.5 Å². The van der Waals surface area contributed by atoms with Crippen LogP contribution in [0.3, 0.4) is 0 Å². The zero-order valence-corrected chi connectivity index (χ0v) is 16.1. The Morgan fingerprint density at radius 1 is 1.25 bits per heavy atom. The highest BCUT2D eigenvalue weighted by atomic mass is 35.5. The molecule has 0 spiro atoms. The van der Waals surface area contributed by atoms with Gasteiger partial charge in [-0.15, -0.1) is 0 Å². The molecule has 1 fully saturated rings. The van der Waals surface area contributed by atoms with Gasteiger partial charge in [-0.05, 0) is 48.4 Å². The van der Waals surface area contributed by atoms with Gasteiger partial charge in [0.1, 0.15) is 5.02 Å². The van der Waals surface area contributed by atoms with Crippen LogP contribution >= 0.6 is 11.6 Å². The van der Waals surface area contributed by atoms with Crippen molar-refractivity contribution in [3.63, 3.8) is 0 Å². The molecule has 2 aromatic rings. The largest absolute Gasteiger partial charge is 0.378 e. The molecule has 1 saturated heterocycles. The van der Waals surface area contributed by atoms with E-state index in [4.69, 9.17) is 16.3 Å². The number of rotatable bonds is 5. The molecule has 0 radical (unpaired) electrons. The van der Waals surface area contributed by atoms with Gasteiger partial charge < -0.3 is 15.0 Å². The van der Waals surface area contributed by atoms with Crippen LogP contribution in [-0.4, -0.2) is 37.1 Å². The zero-order chi connectivity index (χ0) is 20.1. The van der Waals surface area contributed by atoms with Crippen LogP contribution in [0.4, 0.5) is 17.1 Å². The minimum atomic E-state index is -0.556. The van der Waals surface area contributed by atoms with Crippen molar-refractivity contribution in [2.24, 2.45) is 0 Å². The number of carbonyl (C=O) groups is 1. The second kappa shape index (κ2) is 8.86. The van der Waals surface area contributed by atoms with E-state index in [2.05, 4.69) is 10.2 Å². The Balaban J connectivity index is 1.67. The molecule has 0 aromatic heterocycles. The Morgan fingerprint density at radius 3 is 2.68 bits per heavy atom. The fourth-order valence-electron chi connectivity index (χ4n) is 2.93. The van der Waals surface area contributed by atoms with E-state index >= 15 is 0 Å². The lowest BCUT2D eigenvalue weighted by atomic mass is 10.1. The molecule has 0 saturated carbocycles. The van der Waals surface area contributed by atoms with E-state index < -0.39 is 4.92 Å². The summed E-state index contributed by atoms with van der Waals surface area (Å²) in [4.78, 5) is 24.9. The van der Waals surface area contributed by atoms with Gasteiger partial charge in [0.15, 0.2) is 0 Å². The lowest BCUT2D eigenvalue weighted by molar-refractivity contribution is -0.384. The summed E-state index contributed by atoms with van der Waals surface area (Å²) in [6.45, 7) is 5.06. The molecule has 3 rings (SSSR count). The number of hydrogen-bond donors (Lipinski definition) is 1. The lowest BCUT2D eigenvalue weighted by Gasteiger charge is -2.29. The number of nitrogens with one attached hydrogen (secondary N) is 1. The maximum absolute atomic E-state index is 12.2. The summed E-state index contributed by atoms with van der Waals surface area (Å²) in [6.07, 6.45) is 2.85. The number of amides is 1. The first-order valence-electron chi connectivity index (χ1n) is 8.80. The van der Waals surface area contributed by atoms with Gasteiger partial charge in [-0.3, -0.25) is 14.9 Å². The van der Waals surface area contributed by atoms with Crippen molar-refractivity contribution in [2.45, 2.75) is 6.92 Å². The average Bonchev–Trinajstić information content (AvgIpc) is 2.69. The van der Waals surface area contributed by atoms with Gasteiger partial charge in [0, 0.05) is 36.6 Å². The standard InChI is InChI=1S/C20H20ClN3O4/c1-14-12-16(23-8-10-28-11-9-23)4-6-18(14)22-20(25)7-3-15-2-5-17(21)19(13-15)24(26)27/h2-7,12-13H,8-11H2,1H3,(H,22,25)/b7-3+. The van der Waals surface area contributed by atoms with Crippen molar-refractivity contribution in [1.29, 1.82) is 0 Å². The predicted molar refractivity (Wildman–Crippen MR) is 110 cm³/mol. The molecule has 1 N–H and O–H groups in total. The molecule has 1 amide bonds. The number of morpholine rings is 1. The van der Waals surface area contributed by atoms with E-state index in [-0.39, 0.29) is 16.6 Å². The van der Waals surface area contributed by atoms with E-state index in [1.54, 1.807) is 6.07 Å². The first-order chi connectivity index (χ1) is 13.4. The number of nitrogens with zero attached hydrogens (tertiary/aromatic N) is 2. The Bertz CT molecular complexity index is 924. The topological polar surface area (TPSA) is 84.7 Å². The van der Waals surface area contributed by atoms with Crippen LogP contribution in [0.25, 0.3) is 6.08 Å². The Kier molecular flexibility index (Phi) is 6.28. The molecule has 8 heteroatoms. The number of anilines is 2. The van der Waals surface area contributed by atoms with Crippen LogP contribution in [0.1, 0.15) is 11.1 Å². The highest BCUT2D eigenvalue weighted by Crippen LogP contribution is 2.26.